The van der Waals surface area contributed by atoms with Crippen molar-refractivity contribution in [3.8, 4) is 0 Å². The summed E-state index contributed by atoms with van der Waals surface area (Å²) < 4.78 is 0. The third-order valence-electron chi connectivity index (χ3n) is 5.37. The Hall–Kier alpha value is -3.27. The van der Waals surface area contributed by atoms with Crippen LogP contribution >= 0.6 is 23.2 Å². The summed E-state index contributed by atoms with van der Waals surface area (Å²) >= 11 is 11.9. The standard InChI is InChI=1S/C23H23Cl2N7O2/c1-31-9-2-10-32(12-11-31)21-8-6-19(29-30-21)23(34)27-18-5-3-15(24)13-17(18)22(33)28-20-7-4-16(25)14-26-20/h3-8,13-14H,2,9-12H2,1H3,(H,27,34)(H,26,28,33). The Labute approximate surface area is 207 Å². The van der Waals surface area contributed by atoms with Crippen molar-refractivity contribution in [3.05, 3.63) is 70.0 Å². The molecule has 0 bridgehead atoms. The number of anilines is 3. The molecule has 1 aromatic carbocycles. The molecule has 11 heteroatoms. The van der Waals surface area contributed by atoms with Gasteiger partial charge in [-0.05, 0) is 62.5 Å². The van der Waals surface area contributed by atoms with Crippen LogP contribution in [0.3, 0.4) is 0 Å². The maximum absolute atomic E-state index is 12.8. The largest absolute Gasteiger partial charge is 0.354 e. The number of rotatable bonds is 5. The molecular weight excluding hydrogens is 477 g/mol. The van der Waals surface area contributed by atoms with E-state index in [1.807, 2.05) is 0 Å². The highest BCUT2D eigenvalue weighted by Crippen LogP contribution is 2.23. The van der Waals surface area contributed by atoms with Crippen LogP contribution in [0.2, 0.25) is 10.0 Å². The molecule has 9 nitrogen and oxygen atoms in total. The predicted molar refractivity (Wildman–Crippen MR) is 133 cm³/mol. The lowest BCUT2D eigenvalue weighted by atomic mass is 10.1. The fourth-order valence-electron chi connectivity index (χ4n) is 3.52. The molecule has 176 valence electrons. The van der Waals surface area contributed by atoms with Crippen molar-refractivity contribution in [2.45, 2.75) is 6.42 Å². The Balaban J connectivity index is 1.47. The van der Waals surface area contributed by atoms with Gasteiger partial charge in [0.2, 0.25) is 0 Å². The van der Waals surface area contributed by atoms with Gasteiger partial charge in [0.1, 0.15) is 5.82 Å². The van der Waals surface area contributed by atoms with Gasteiger partial charge in [0.15, 0.2) is 11.5 Å². The Kier molecular flexibility index (Phi) is 7.56. The SMILES string of the molecule is CN1CCCN(c2ccc(C(=O)Nc3ccc(Cl)cc3C(=O)Nc3ccc(Cl)cn3)nn2)CC1. The third-order valence-corrected chi connectivity index (χ3v) is 5.83. The second-order valence-electron chi connectivity index (χ2n) is 7.88. The van der Waals surface area contributed by atoms with Gasteiger partial charge in [-0.15, -0.1) is 10.2 Å². The smallest absolute Gasteiger partial charge is 0.276 e. The van der Waals surface area contributed by atoms with Crippen molar-refractivity contribution in [2.24, 2.45) is 0 Å². The molecule has 4 rings (SSSR count). The molecule has 1 aliphatic rings. The van der Waals surface area contributed by atoms with E-state index in [-0.39, 0.29) is 16.9 Å². The van der Waals surface area contributed by atoms with Crippen LogP contribution in [0.5, 0.6) is 0 Å². The normalized spacial score (nSPS) is 14.4. The van der Waals surface area contributed by atoms with Gasteiger partial charge in [0, 0.05) is 30.9 Å². The number of pyridine rings is 1. The van der Waals surface area contributed by atoms with Crippen LogP contribution in [0.1, 0.15) is 27.3 Å². The van der Waals surface area contributed by atoms with Crippen LogP contribution < -0.4 is 15.5 Å². The zero-order valence-corrected chi connectivity index (χ0v) is 20.0. The number of carbonyl (C=O) groups excluding carboxylic acids is 2. The van der Waals surface area contributed by atoms with Gasteiger partial charge in [0.25, 0.3) is 11.8 Å². The summed E-state index contributed by atoms with van der Waals surface area (Å²) in [5.41, 5.74) is 0.592. The molecule has 0 aliphatic carbocycles. The number of carbonyl (C=O) groups is 2. The van der Waals surface area contributed by atoms with E-state index >= 15 is 0 Å². The van der Waals surface area contributed by atoms with E-state index in [0.717, 1.165) is 38.4 Å². The fraction of sp³-hybridized carbons (Fsp3) is 0.261. The van der Waals surface area contributed by atoms with Gasteiger partial charge in [-0.2, -0.15) is 0 Å². The monoisotopic (exact) mass is 499 g/mol. The van der Waals surface area contributed by atoms with Crippen molar-refractivity contribution in [3.63, 3.8) is 0 Å². The molecule has 34 heavy (non-hydrogen) atoms. The minimum atomic E-state index is -0.490. The highest BCUT2D eigenvalue weighted by Gasteiger charge is 2.18. The van der Waals surface area contributed by atoms with Crippen molar-refractivity contribution in [2.75, 3.05) is 48.8 Å². The molecule has 0 radical (unpaired) electrons. The van der Waals surface area contributed by atoms with Gasteiger partial charge in [-0.1, -0.05) is 23.2 Å². The first-order valence-electron chi connectivity index (χ1n) is 10.7. The number of nitrogens with zero attached hydrogens (tertiary/aromatic N) is 5. The van der Waals surface area contributed by atoms with Crippen molar-refractivity contribution >= 4 is 52.3 Å². The number of nitrogens with one attached hydrogen (secondary N) is 2. The summed E-state index contributed by atoms with van der Waals surface area (Å²) in [6.07, 6.45) is 2.46. The Bertz CT molecular complexity index is 1170. The molecule has 2 amide bonds. The van der Waals surface area contributed by atoms with E-state index in [9.17, 15) is 9.59 Å². The van der Waals surface area contributed by atoms with Gasteiger partial charge in [0.05, 0.1) is 16.3 Å². The minimum absolute atomic E-state index is 0.136. The lowest BCUT2D eigenvalue weighted by Gasteiger charge is -2.20. The second-order valence-corrected chi connectivity index (χ2v) is 8.75. The Morgan fingerprint density at radius 2 is 1.71 bits per heavy atom. The molecule has 0 spiro atoms. The number of halogens is 2. The number of hydrogen-bond donors (Lipinski definition) is 2. The van der Waals surface area contributed by atoms with Gasteiger partial charge >= 0.3 is 0 Å². The van der Waals surface area contributed by atoms with Crippen molar-refractivity contribution < 1.29 is 9.59 Å². The second kappa shape index (κ2) is 10.8. The Morgan fingerprint density at radius 1 is 0.882 bits per heavy atom. The molecule has 0 saturated carbocycles. The topological polar surface area (TPSA) is 103 Å². The summed E-state index contributed by atoms with van der Waals surface area (Å²) in [7, 11) is 2.10. The molecule has 1 aliphatic heterocycles. The lowest BCUT2D eigenvalue weighted by molar-refractivity contribution is 0.102. The summed E-state index contributed by atoms with van der Waals surface area (Å²) in [6, 6.07) is 11.2. The van der Waals surface area contributed by atoms with Crippen LogP contribution in [0.25, 0.3) is 0 Å². The average molecular weight is 500 g/mol. The number of likely N-dealkylation sites (N-methyl/N-ethyl adjacent to an activating group) is 1. The Morgan fingerprint density at radius 3 is 2.44 bits per heavy atom. The van der Waals surface area contributed by atoms with Gasteiger partial charge in [-0.3, -0.25) is 9.59 Å². The number of amides is 2. The molecular formula is C23H23Cl2N7O2. The summed E-state index contributed by atoms with van der Waals surface area (Å²) in [4.78, 5) is 34.1. The van der Waals surface area contributed by atoms with Gasteiger partial charge in [-0.25, -0.2) is 4.98 Å². The van der Waals surface area contributed by atoms with E-state index in [4.69, 9.17) is 23.2 Å². The van der Waals surface area contributed by atoms with Gasteiger partial charge < -0.3 is 20.4 Å². The van der Waals surface area contributed by atoms with Crippen LogP contribution in [-0.4, -0.2) is 65.1 Å². The lowest BCUT2D eigenvalue weighted by Crippen LogP contribution is -2.29. The maximum atomic E-state index is 12.8. The van der Waals surface area contributed by atoms with Crippen LogP contribution in [-0.2, 0) is 0 Å². The molecule has 2 aromatic heterocycles. The first kappa shape index (κ1) is 23.9. The van der Waals surface area contributed by atoms with Crippen LogP contribution in [0.15, 0.2) is 48.7 Å². The zero-order valence-electron chi connectivity index (χ0n) is 18.5. The molecule has 1 saturated heterocycles. The van der Waals surface area contributed by atoms with Crippen molar-refractivity contribution in [1.29, 1.82) is 0 Å². The molecule has 1 fully saturated rings. The fourth-order valence-corrected chi connectivity index (χ4v) is 3.81. The van der Waals surface area contributed by atoms with Crippen molar-refractivity contribution in [1.82, 2.24) is 20.1 Å². The highest BCUT2D eigenvalue weighted by atomic mass is 35.5. The van der Waals surface area contributed by atoms with Crippen LogP contribution in [0.4, 0.5) is 17.3 Å². The van der Waals surface area contributed by atoms with Crippen LogP contribution in [0, 0.1) is 0 Å². The number of aromatic nitrogens is 3. The zero-order chi connectivity index (χ0) is 24.1. The van der Waals surface area contributed by atoms with E-state index in [2.05, 4.69) is 42.7 Å². The predicted octanol–water partition coefficient (Wildman–Crippen LogP) is 3.82. The molecule has 3 aromatic rings. The highest BCUT2D eigenvalue weighted by molar-refractivity contribution is 6.31. The maximum Gasteiger partial charge on any atom is 0.276 e. The summed E-state index contributed by atoms with van der Waals surface area (Å²) in [5.74, 6) is 0.0671. The molecule has 2 N–H and O–H groups in total. The minimum Gasteiger partial charge on any atom is -0.354 e. The average Bonchev–Trinajstić information content (AvgIpc) is 3.06. The summed E-state index contributed by atoms with van der Waals surface area (Å²) in [6.45, 7) is 3.71. The summed E-state index contributed by atoms with van der Waals surface area (Å²) in [5, 5.41) is 14.5. The first-order chi connectivity index (χ1) is 16.4. The molecule has 0 unspecified atom stereocenters. The van der Waals surface area contributed by atoms with E-state index in [1.165, 1.54) is 12.3 Å². The third kappa shape index (κ3) is 5.99. The molecule has 3 heterocycles. The number of hydrogen-bond acceptors (Lipinski definition) is 7. The quantitative estimate of drug-likeness (QED) is 0.549. The number of benzene rings is 1. The molecule has 0 atom stereocenters. The first-order valence-corrected chi connectivity index (χ1v) is 11.5. The van der Waals surface area contributed by atoms with E-state index < -0.39 is 11.8 Å². The van der Waals surface area contributed by atoms with E-state index in [0.29, 0.717) is 15.9 Å². The van der Waals surface area contributed by atoms with E-state index in [1.54, 1.807) is 36.4 Å².